The SMILES string of the molecule is C=CN1CC[C@@]23C4=CC[C@H](O)[C@@H]2Oc2c(O)ccc(c23)C[C@H]41. The molecule has 2 heterocycles. The van der Waals surface area contributed by atoms with E-state index < -0.39 is 6.10 Å². The van der Waals surface area contributed by atoms with Crippen LogP contribution in [0, 0.1) is 0 Å². The number of phenolic OH excluding ortho intramolecular Hbond substituents is 1. The minimum atomic E-state index is -0.516. The first-order valence-corrected chi connectivity index (χ1v) is 7.95. The van der Waals surface area contributed by atoms with Gasteiger partial charge in [-0.2, -0.15) is 0 Å². The zero-order valence-electron chi connectivity index (χ0n) is 12.3. The molecule has 1 fully saturated rings. The molecule has 1 spiro atoms. The normalized spacial score (nSPS) is 37.2. The molecule has 4 atom stereocenters. The van der Waals surface area contributed by atoms with E-state index in [1.165, 1.54) is 11.1 Å². The number of likely N-dealkylation sites (tertiary alicyclic amines) is 1. The molecule has 22 heavy (non-hydrogen) atoms. The lowest BCUT2D eigenvalue weighted by Gasteiger charge is -2.54. The fourth-order valence-corrected chi connectivity index (χ4v) is 5.17. The lowest BCUT2D eigenvalue weighted by atomic mass is 9.56. The molecule has 2 bridgehead atoms. The largest absolute Gasteiger partial charge is 0.504 e. The van der Waals surface area contributed by atoms with E-state index in [1.54, 1.807) is 6.07 Å². The van der Waals surface area contributed by atoms with Crippen molar-refractivity contribution in [3.05, 3.63) is 47.7 Å². The zero-order valence-corrected chi connectivity index (χ0v) is 12.3. The highest BCUT2D eigenvalue weighted by atomic mass is 16.5. The highest BCUT2D eigenvalue weighted by molar-refractivity contribution is 5.65. The predicted octanol–water partition coefficient (Wildman–Crippen LogP) is 1.86. The summed E-state index contributed by atoms with van der Waals surface area (Å²) in [6, 6.07) is 4.03. The van der Waals surface area contributed by atoms with E-state index in [0.717, 1.165) is 24.9 Å². The number of rotatable bonds is 1. The van der Waals surface area contributed by atoms with E-state index in [2.05, 4.69) is 17.6 Å². The second kappa shape index (κ2) is 3.87. The van der Waals surface area contributed by atoms with Gasteiger partial charge in [0.1, 0.15) is 6.10 Å². The van der Waals surface area contributed by atoms with Crippen molar-refractivity contribution in [1.82, 2.24) is 4.90 Å². The number of benzene rings is 1. The smallest absolute Gasteiger partial charge is 0.166 e. The lowest BCUT2D eigenvalue weighted by Crippen LogP contribution is -2.61. The van der Waals surface area contributed by atoms with Crippen LogP contribution in [0.2, 0.25) is 0 Å². The fourth-order valence-electron chi connectivity index (χ4n) is 5.17. The van der Waals surface area contributed by atoms with E-state index in [4.69, 9.17) is 4.74 Å². The van der Waals surface area contributed by atoms with Crippen LogP contribution in [0.25, 0.3) is 0 Å². The topological polar surface area (TPSA) is 52.9 Å². The number of aliphatic hydroxyl groups is 1. The van der Waals surface area contributed by atoms with Crippen molar-refractivity contribution in [2.45, 2.75) is 42.9 Å². The maximum absolute atomic E-state index is 10.5. The fraction of sp³-hybridized carbons (Fsp3) is 0.444. The molecule has 5 rings (SSSR count). The third-order valence-corrected chi connectivity index (χ3v) is 6.02. The summed E-state index contributed by atoms with van der Waals surface area (Å²) in [5.74, 6) is 0.790. The molecule has 4 nitrogen and oxygen atoms in total. The molecule has 0 radical (unpaired) electrons. The summed E-state index contributed by atoms with van der Waals surface area (Å²) < 4.78 is 6.11. The number of aliphatic hydroxyl groups excluding tert-OH is 1. The van der Waals surface area contributed by atoms with Gasteiger partial charge in [0, 0.05) is 12.1 Å². The van der Waals surface area contributed by atoms with Gasteiger partial charge in [-0.3, -0.25) is 0 Å². The molecule has 0 amide bonds. The number of piperidine rings is 1. The van der Waals surface area contributed by atoms with Gasteiger partial charge in [-0.05, 0) is 42.7 Å². The zero-order chi connectivity index (χ0) is 15.1. The van der Waals surface area contributed by atoms with Gasteiger partial charge in [-0.15, -0.1) is 0 Å². The number of aromatic hydroxyl groups is 1. The van der Waals surface area contributed by atoms with Crippen LogP contribution in [0.1, 0.15) is 24.0 Å². The minimum absolute atomic E-state index is 0.193. The summed E-state index contributed by atoms with van der Waals surface area (Å²) >= 11 is 0. The molecule has 4 heteroatoms. The van der Waals surface area contributed by atoms with Crippen molar-refractivity contribution in [2.24, 2.45) is 0 Å². The highest BCUT2D eigenvalue weighted by Gasteiger charge is 2.62. The van der Waals surface area contributed by atoms with Crippen LogP contribution in [-0.2, 0) is 11.8 Å². The Morgan fingerprint density at radius 3 is 3.09 bits per heavy atom. The Hall–Kier alpha value is -1.94. The van der Waals surface area contributed by atoms with Gasteiger partial charge in [0.25, 0.3) is 0 Å². The van der Waals surface area contributed by atoms with Crippen molar-refractivity contribution in [2.75, 3.05) is 6.54 Å². The van der Waals surface area contributed by atoms with Crippen molar-refractivity contribution in [3.63, 3.8) is 0 Å². The van der Waals surface area contributed by atoms with Gasteiger partial charge in [-0.25, -0.2) is 0 Å². The number of hydrogen-bond donors (Lipinski definition) is 2. The Labute approximate surface area is 129 Å². The van der Waals surface area contributed by atoms with Crippen molar-refractivity contribution >= 4 is 0 Å². The molecule has 2 aliphatic heterocycles. The molecule has 0 saturated carbocycles. The first-order valence-electron chi connectivity index (χ1n) is 7.95. The number of ether oxygens (including phenoxy) is 1. The van der Waals surface area contributed by atoms with Crippen LogP contribution in [0.15, 0.2) is 36.6 Å². The molecule has 1 aromatic rings. The average Bonchev–Trinajstić information content (AvgIpc) is 2.87. The monoisotopic (exact) mass is 297 g/mol. The second-order valence-corrected chi connectivity index (χ2v) is 6.81. The number of nitrogens with zero attached hydrogens (tertiary/aromatic N) is 1. The summed E-state index contributed by atoms with van der Waals surface area (Å²) in [7, 11) is 0. The molecule has 0 unspecified atom stereocenters. The number of phenols is 1. The Balaban J connectivity index is 1.84. The molecule has 0 aromatic heterocycles. The highest BCUT2D eigenvalue weighted by Crippen LogP contribution is 2.62. The van der Waals surface area contributed by atoms with E-state index in [0.29, 0.717) is 18.2 Å². The Morgan fingerprint density at radius 1 is 1.41 bits per heavy atom. The van der Waals surface area contributed by atoms with Crippen LogP contribution >= 0.6 is 0 Å². The van der Waals surface area contributed by atoms with Gasteiger partial charge in [0.05, 0.1) is 17.6 Å². The van der Waals surface area contributed by atoms with Gasteiger partial charge in [0.2, 0.25) is 0 Å². The lowest BCUT2D eigenvalue weighted by molar-refractivity contribution is -0.0102. The van der Waals surface area contributed by atoms with Crippen molar-refractivity contribution < 1.29 is 14.9 Å². The summed E-state index contributed by atoms with van der Waals surface area (Å²) in [6.45, 7) is 4.87. The van der Waals surface area contributed by atoms with E-state index >= 15 is 0 Å². The Morgan fingerprint density at radius 2 is 2.27 bits per heavy atom. The van der Waals surface area contributed by atoms with Gasteiger partial charge in [-0.1, -0.05) is 18.7 Å². The van der Waals surface area contributed by atoms with Crippen LogP contribution < -0.4 is 4.74 Å². The van der Waals surface area contributed by atoms with Crippen LogP contribution in [-0.4, -0.2) is 39.9 Å². The predicted molar refractivity (Wildman–Crippen MR) is 81.9 cm³/mol. The van der Waals surface area contributed by atoms with Crippen LogP contribution in [0.3, 0.4) is 0 Å². The molecule has 1 aromatic carbocycles. The summed E-state index contributed by atoms with van der Waals surface area (Å²) in [6.07, 6.45) is 5.77. The molecule has 2 aliphatic carbocycles. The first-order chi connectivity index (χ1) is 10.7. The van der Waals surface area contributed by atoms with Crippen LogP contribution in [0.5, 0.6) is 11.5 Å². The Kier molecular flexibility index (Phi) is 2.22. The summed E-state index contributed by atoms with van der Waals surface area (Å²) in [4.78, 5) is 2.31. The summed E-state index contributed by atoms with van der Waals surface area (Å²) in [5.41, 5.74) is 3.45. The van der Waals surface area contributed by atoms with Gasteiger partial charge < -0.3 is 19.8 Å². The number of hydrogen-bond acceptors (Lipinski definition) is 4. The maximum Gasteiger partial charge on any atom is 0.166 e. The molecule has 4 aliphatic rings. The molecule has 114 valence electrons. The first kappa shape index (κ1) is 12.6. The van der Waals surface area contributed by atoms with Crippen LogP contribution in [0.4, 0.5) is 0 Å². The van der Waals surface area contributed by atoms with E-state index in [-0.39, 0.29) is 17.3 Å². The quantitative estimate of drug-likeness (QED) is 0.777. The van der Waals surface area contributed by atoms with Crippen molar-refractivity contribution in [1.29, 1.82) is 0 Å². The molecule has 2 N–H and O–H groups in total. The second-order valence-electron chi connectivity index (χ2n) is 6.81. The standard InChI is InChI=1S/C18H19NO3/c1-2-19-8-7-18-11-4-6-14(21)17(18)22-16-13(20)5-3-10(15(16)18)9-12(11)19/h2-5,12,14,17,20-21H,1,6-9H2/t12-,14+,17+,18+/m1/s1. The Bertz CT molecular complexity index is 725. The molecule has 1 saturated heterocycles. The average molecular weight is 297 g/mol. The van der Waals surface area contributed by atoms with Gasteiger partial charge in [0.15, 0.2) is 11.5 Å². The summed E-state index contributed by atoms with van der Waals surface area (Å²) in [5, 5.41) is 20.8. The minimum Gasteiger partial charge on any atom is -0.504 e. The molecular weight excluding hydrogens is 278 g/mol. The maximum atomic E-state index is 10.5. The van der Waals surface area contributed by atoms with Gasteiger partial charge >= 0.3 is 0 Å². The third kappa shape index (κ3) is 1.20. The molecular formula is C18H19NO3. The van der Waals surface area contributed by atoms with Crippen molar-refractivity contribution in [3.8, 4) is 11.5 Å². The van der Waals surface area contributed by atoms with E-state index in [1.807, 2.05) is 12.3 Å². The third-order valence-electron chi connectivity index (χ3n) is 6.02. The van der Waals surface area contributed by atoms with E-state index in [9.17, 15) is 10.2 Å².